The van der Waals surface area contributed by atoms with Crippen molar-refractivity contribution in [3.05, 3.63) is 12.5 Å². The normalized spacial score (nSPS) is 35.0. The van der Waals surface area contributed by atoms with Crippen LogP contribution in [-0.2, 0) is 0 Å². The van der Waals surface area contributed by atoms with Gasteiger partial charge in [0.15, 0.2) is 0 Å². The summed E-state index contributed by atoms with van der Waals surface area (Å²) in [5, 5.41) is 3.43. The predicted molar refractivity (Wildman–Crippen MR) is 56.0 cm³/mol. The molecule has 1 aromatic rings. The summed E-state index contributed by atoms with van der Waals surface area (Å²) in [6.07, 6.45) is 9.49. The van der Waals surface area contributed by atoms with Gasteiger partial charge in [0.05, 0.1) is 12.5 Å². The minimum absolute atomic E-state index is 0.914. The maximum Gasteiger partial charge on any atom is 0.123 e. The Bertz CT molecular complexity index is 293. The Labute approximate surface area is 84.3 Å². The van der Waals surface area contributed by atoms with E-state index in [4.69, 9.17) is 0 Å². The molecule has 3 atom stereocenters. The minimum Gasteiger partial charge on any atom is -0.370 e. The maximum absolute atomic E-state index is 4.00. The average Bonchev–Trinajstić information content (AvgIpc) is 2.91. The number of anilines is 1. The lowest BCUT2D eigenvalue weighted by Crippen LogP contribution is -2.20. The predicted octanol–water partition coefficient (Wildman–Crippen LogP) is 2.26. The lowest BCUT2D eigenvalue weighted by molar-refractivity contribution is 0.348. The zero-order valence-electron chi connectivity index (χ0n) is 8.37. The first-order valence-corrected chi connectivity index (χ1v) is 5.64. The number of aromatic amines is 1. The van der Waals surface area contributed by atoms with E-state index in [0.717, 1.165) is 30.1 Å². The third-order valence-corrected chi connectivity index (χ3v) is 3.94. The minimum atomic E-state index is 0.914. The van der Waals surface area contributed by atoms with E-state index in [-0.39, 0.29) is 0 Å². The maximum atomic E-state index is 4.00. The molecular weight excluding hydrogens is 174 g/mol. The zero-order valence-corrected chi connectivity index (χ0v) is 8.37. The van der Waals surface area contributed by atoms with Crippen LogP contribution in [0, 0.1) is 17.8 Å². The van der Waals surface area contributed by atoms with Crippen molar-refractivity contribution in [3.8, 4) is 0 Å². The van der Waals surface area contributed by atoms with E-state index in [1.54, 1.807) is 6.33 Å². The number of hydrogen-bond acceptors (Lipinski definition) is 2. The van der Waals surface area contributed by atoms with Gasteiger partial charge in [-0.2, -0.15) is 0 Å². The van der Waals surface area contributed by atoms with Gasteiger partial charge in [-0.05, 0) is 37.0 Å². The third-order valence-electron chi connectivity index (χ3n) is 3.94. The average molecular weight is 191 g/mol. The van der Waals surface area contributed by atoms with E-state index in [9.17, 15) is 0 Å². The van der Waals surface area contributed by atoms with Gasteiger partial charge in [-0.15, -0.1) is 0 Å². The molecular formula is C11H17N3. The third kappa shape index (κ3) is 1.41. The molecule has 2 aliphatic rings. The molecule has 0 saturated heterocycles. The highest BCUT2D eigenvalue weighted by Crippen LogP contribution is 2.48. The van der Waals surface area contributed by atoms with E-state index >= 15 is 0 Å². The quantitative estimate of drug-likeness (QED) is 0.769. The SMILES string of the molecule is c1ncc(NCC2CC3CCC2C3)[nH]1. The fraction of sp³-hybridized carbons (Fsp3) is 0.727. The number of H-pyrrole nitrogens is 1. The summed E-state index contributed by atoms with van der Waals surface area (Å²) in [4.78, 5) is 7.08. The summed E-state index contributed by atoms with van der Waals surface area (Å²) in [7, 11) is 0. The Morgan fingerprint density at radius 2 is 2.43 bits per heavy atom. The van der Waals surface area contributed by atoms with Crippen LogP contribution in [0.25, 0.3) is 0 Å². The van der Waals surface area contributed by atoms with Crippen LogP contribution in [-0.4, -0.2) is 16.5 Å². The molecule has 2 N–H and O–H groups in total. The number of nitrogens with one attached hydrogen (secondary N) is 2. The van der Waals surface area contributed by atoms with Crippen molar-refractivity contribution in [1.29, 1.82) is 0 Å². The number of hydrogen-bond donors (Lipinski definition) is 2. The van der Waals surface area contributed by atoms with E-state index in [1.807, 2.05) is 6.20 Å². The van der Waals surface area contributed by atoms with Gasteiger partial charge in [-0.3, -0.25) is 0 Å². The van der Waals surface area contributed by atoms with Crippen LogP contribution in [0.15, 0.2) is 12.5 Å². The summed E-state index contributed by atoms with van der Waals surface area (Å²) in [6, 6.07) is 0. The Morgan fingerprint density at radius 1 is 1.43 bits per heavy atom. The Kier molecular flexibility index (Phi) is 1.96. The molecule has 1 aromatic heterocycles. The summed E-state index contributed by atoms with van der Waals surface area (Å²) < 4.78 is 0. The second-order valence-electron chi connectivity index (χ2n) is 4.78. The standard InChI is InChI=1S/C11H17N3/c1-2-9-3-8(1)4-10(9)5-13-11-6-12-7-14-11/h6-10,13H,1-5H2,(H,12,14). The summed E-state index contributed by atoms with van der Waals surface area (Å²) >= 11 is 0. The topological polar surface area (TPSA) is 40.7 Å². The van der Waals surface area contributed by atoms with E-state index in [0.29, 0.717) is 0 Å². The van der Waals surface area contributed by atoms with Crippen molar-refractivity contribution in [3.63, 3.8) is 0 Å². The Hall–Kier alpha value is -0.990. The second kappa shape index (κ2) is 3.30. The molecule has 0 aliphatic heterocycles. The highest BCUT2D eigenvalue weighted by Gasteiger charge is 2.38. The molecule has 76 valence electrons. The van der Waals surface area contributed by atoms with Gasteiger partial charge < -0.3 is 10.3 Å². The van der Waals surface area contributed by atoms with Crippen molar-refractivity contribution in [1.82, 2.24) is 9.97 Å². The first-order valence-electron chi connectivity index (χ1n) is 5.64. The smallest absolute Gasteiger partial charge is 0.123 e. The highest BCUT2D eigenvalue weighted by atomic mass is 15.0. The number of aromatic nitrogens is 2. The molecule has 14 heavy (non-hydrogen) atoms. The zero-order chi connectivity index (χ0) is 9.38. The molecule has 3 heteroatoms. The first kappa shape index (κ1) is 8.33. The van der Waals surface area contributed by atoms with Crippen LogP contribution < -0.4 is 5.32 Å². The molecule has 1 heterocycles. The van der Waals surface area contributed by atoms with Gasteiger partial charge in [0.25, 0.3) is 0 Å². The Morgan fingerprint density at radius 3 is 3.07 bits per heavy atom. The molecule has 3 rings (SSSR count). The summed E-state index contributed by atoms with van der Waals surface area (Å²) in [5.41, 5.74) is 0. The largest absolute Gasteiger partial charge is 0.370 e. The number of imidazole rings is 1. The van der Waals surface area contributed by atoms with Crippen LogP contribution in [0.4, 0.5) is 5.82 Å². The molecule has 3 unspecified atom stereocenters. The van der Waals surface area contributed by atoms with Gasteiger partial charge in [0.1, 0.15) is 5.82 Å². The fourth-order valence-electron chi connectivity index (χ4n) is 3.22. The van der Waals surface area contributed by atoms with Crippen molar-refractivity contribution >= 4 is 5.82 Å². The lowest BCUT2D eigenvalue weighted by Gasteiger charge is -2.21. The van der Waals surface area contributed by atoms with E-state index in [1.165, 1.54) is 25.7 Å². The molecule has 2 fully saturated rings. The fourth-order valence-corrected chi connectivity index (χ4v) is 3.22. The summed E-state index contributed by atoms with van der Waals surface area (Å²) in [5.74, 6) is 4.04. The van der Waals surface area contributed by atoms with Crippen LogP contribution in [0.2, 0.25) is 0 Å². The molecule has 2 bridgehead atoms. The van der Waals surface area contributed by atoms with Crippen LogP contribution in [0.1, 0.15) is 25.7 Å². The molecule has 2 aliphatic carbocycles. The molecule has 3 nitrogen and oxygen atoms in total. The highest BCUT2D eigenvalue weighted by molar-refractivity contribution is 5.30. The summed E-state index contributed by atoms with van der Waals surface area (Å²) in [6.45, 7) is 1.13. The van der Waals surface area contributed by atoms with Crippen molar-refractivity contribution < 1.29 is 0 Å². The second-order valence-corrected chi connectivity index (χ2v) is 4.78. The number of fused-ring (bicyclic) bond motifs is 2. The number of rotatable bonds is 3. The van der Waals surface area contributed by atoms with E-state index in [2.05, 4.69) is 15.3 Å². The lowest BCUT2D eigenvalue weighted by atomic mass is 9.89. The van der Waals surface area contributed by atoms with E-state index < -0.39 is 0 Å². The van der Waals surface area contributed by atoms with Gasteiger partial charge >= 0.3 is 0 Å². The van der Waals surface area contributed by atoms with Gasteiger partial charge in [0.2, 0.25) is 0 Å². The van der Waals surface area contributed by atoms with Gasteiger partial charge in [-0.25, -0.2) is 4.98 Å². The van der Waals surface area contributed by atoms with Crippen LogP contribution >= 0.6 is 0 Å². The number of nitrogens with zero attached hydrogens (tertiary/aromatic N) is 1. The molecule has 0 aromatic carbocycles. The van der Waals surface area contributed by atoms with Crippen molar-refractivity contribution in [2.24, 2.45) is 17.8 Å². The van der Waals surface area contributed by atoms with Gasteiger partial charge in [0, 0.05) is 6.54 Å². The van der Waals surface area contributed by atoms with Crippen LogP contribution in [0.5, 0.6) is 0 Å². The van der Waals surface area contributed by atoms with Crippen molar-refractivity contribution in [2.45, 2.75) is 25.7 Å². The molecule has 0 spiro atoms. The van der Waals surface area contributed by atoms with Gasteiger partial charge in [-0.1, -0.05) is 6.42 Å². The molecule has 0 amide bonds. The Balaban J connectivity index is 1.54. The monoisotopic (exact) mass is 191 g/mol. The molecule has 0 radical (unpaired) electrons. The first-order chi connectivity index (χ1) is 6.92. The molecule has 2 saturated carbocycles. The van der Waals surface area contributed by atoms with Crippen LogP contribution in [0.3, 0.4) is 0 Å². The van der Waals surface area contributed by atoms with Crippen molar-refractivity contribution in [2.75, 3.05) is 11.9 Å².